The summed E-state index contributed by atoms with van der Waals surface area (Å²) < 4.78 is 0. The Labute approximate surface area is 111 Å². The highest BCUT2D eigenvalue weighted by atomic mass is 16.3. The van der Waals surface area contributed by atoms with E-state index in [1.807, 2.05) is 0 Å². The molecule has 2 aliphatic carbocycles. The smallest absolute Gasteiger partial charge is 0.0583 e. The van der Waals surface area contributed by atoms with Gasteiger partial charge in [-0.15, -0.1) is 0 Å². The van der Waals surface area contributed by atoms with Crippen molar-refractivity contribution in [3.63, 3.8) is 0 Å². The normalized spacial score (nSPS) is 45.3. The van der Waals surface area contributed by atoms with Gasteiger partial charge in [0.1, 0.15) is 0 Å². The van der Waals surface area contributed by atoms with E-state index in [1.54, 1.807) is 0 Å². The van der Waals surface area contributed by atoms with Crippen molar-refractivity contribution >= 4 is 0 Å². The first kappa shape index (κ1) is 12.9. The minimum Gasteiger partial charge on any atom is -0.393 e. The molecular weight excluding hydrogens is 224 g/mol. The van der Waals surface area contributed by atoms with Crippen LogP contribution in [0.25, 0.3) is 0 Å². The minimum atomic E-state index is -0.00791. The van der Waals surface area contributed by atoms with Crippen molar-refractivity contribution in [1.82, 2.24) is 10.2 Å². The van der Waals surface area contributed by atoms with Crippen LogP contribution in [0.3, 0.4) is 0 Å². The van der Waals surface area contributed by atoms with Crippen molar-refractivity contribution in [2.75, 3.05) is 26.7 Å². The lowest BCUT2D eigenvalue weighted by Gasteiger charge is -2.34. The Hall–Kier alpha value is -0.120. The average molecular weight is 252 g/mol. The van der Waals surface area contributed by atoms with E-state index in [-0.39, 0.29) is 6.10 Å². The molecule has 1 aliphatic heterocycles. The summed E-state index contributed by atoms with van der Waals surface area (Å²) in [5.74, 6) is 2.21. The van der Waals surface area contributed by atoms with Gasteiger partial charge in [0.15, 0.2) is 0 Å². The maximum atomic E-state index is 9.98. The summed E-state index contributed by atoms with van der Waals surface area (Å²) in [6.45, 7) is 3.65. The molecule has 3 nitrogen and oxygen atoms in total. The first-order valence-corrected chi connectivity index (χ1v) is 7.85. The molecule has 3 aliphatic rings. The van der Waals surface area contributed by atoms with Crippen molar-refractivity contribution in [1.29, 1.82) is 0 Å². The van der Waals surface area contributed by atoms with Crippen LogP contribution in [0.5, 0.6) is 0 Å². The number of aliphatic hydroxyl groups is 1. The van der Waals surface area contributed by atoms with Crippen LogP contribution < -0.4 is 5.32 Å². The fraction of sp³-hybridized carbons (Fsp3) is 1.00. The summed E-state index contributed by atoms with van der Waals surface area (Å²) in [5.41, 5.74) is 0. The third-order valence-corrected chi connectivity index (χ3v) is 5.67. The number of fused-ring (bicyclic) bond motifs is 1. The third kappa shape index (κ3) is 2.45. The number of nitrogens with zero attached hydrogens (tertiary/aromatic N) is 1. The molecule has 0 bridgehead atoms. The standard InChI is InChI=1S/C15H28N2O/c1-16-14-5-3-2-4-12(14)9-17-8-11-6-7-15(18)13(11)10-17/h11-16,18H,2-10H2,1H3. The molecule has 0 aromatic heterocycles. The van der Waals surface area contributed by atoms with Crippen LogP contribution in [0.1, 0.15) is 38.5 Å². The monoisotopic (exact) mass is 252 g/mol. The highest BCUT2D eigenvalue weighted by molar-refractivity contribution is 4.95. The predicted molar refractivity (Wildman–Crippen MR) is 73.5 cm³/mol. The van der Waals surface area contributed by atoms with E-state index in [0.717, 1.165) is 30.8 Å². The number of rotatable bonds is 3. The summed E-state index contributed by atoms with van der Waals surface area (Å²) in [5, 5.41) is 13.5. The van der Waals surface area contributed by atoms with Gasteiger partial charge in [-0.25, -0.2) is 0 Å². The van der Waals surface area contributed by atoms with Gasteiger partial charge < -0.3 is 15.3 Å². The summed E-state index contributed by atoms with van der Waals surface area (Å²) in [6, 6.07) is 0.726. The van der Waals surface area contributed by atoms with Gasteiger partial charge in [-0.3, -0.25) is 0 Å². The Morgan fingerprint density at radius 3 is 2.72 bits per heavy atom. The number of likely N-dealkylation sites (tertiary alicyclic amines) is 1. The van der Waals surface area contributed by atoms with Gasteiger partial charge in [0.05, 0.1) is 6.10 Å². The van der Waals surface area contributed by atoms with Gasteiger partial charge in [0.25, 0.3) is 0 Å². The SMILES string of the molecule is CNC1CCCCC1CN1CC2CCC(O)C2C1. The van der Waals surface area contributed by atoms with Crippen LogP contribution in [0, 0.1) is 17.8 Å². The lowest BCUT2D eigenvalue weighted by molar-refractivity contribution is 0.118. The zero-order valence-electron chi connectivity index (χ0n) is 11.6. The second kappa shape index (κ2) is 5.48. The first-order chi connectivity index (χ1) is 8.78. The molecular formula is C15H28N2O. The Balaban J connectivity index is 1.54. The fourth-order valence-electron chi connectivity index (χ4n) is 4.62. The number of hydrogen-bond donors (Lipinski definition) is 2. The molecule has 2 saturated carbocycles. The molecule has 0 amide bonds. The molecule has 0 aromatic carbocycles. The molecule has 18 heavy (non-hydrogen) atoms. The van der Waals surface area contributed by atoms with E-state index in [2.05, 4.69) is 17.3 Å². The Bertz CT molecular complexity index is 284. The third-order valence-electron chi connectivity index (χ3n) is 5.67. The Morgan fingerprint density at radius 1 is 1.11 bits per heavy atom. The lowest BCUT2D eigenvalue weighted by atomic mass is 9.84. The molecule has 0 aromatic rings. The van der Waals surface area contributed by atoms with Gasteiger partial charge in [0, 0.05) is 31.6 Å². The molecule has 104 valence electrons. The molecule has 5 atom stereocenters. The zero-order valence-corrected chi connectivity index (χ0v) is 11.6. The molecule has 1 saturated heterocycles. The molecule has 5 unspecified atom stereocenters. The molecule has 0 radical (unpaired) electrons. The Morgan fingerprint density at radius 2 is 1.94 bits per heavy atom. The molecule has 1 heterocycles. The van der Waals surface area contributed by atoms with Gasteiger partial charge in [-0.05, 0) is 44.6 Å². The van der Waals surface area contributed by atoms with Crippen molar-refractivity contribution in [3.8, 4) is 0 Å². The summed E-state index contributed by atoms with van der Waals surface area (Å²) in [4.78, 5) is 2.64. The van der Waals surface area contributed by atoms with E-state index < -0.39 is 0 Å². The number of aliphatic hydroxyl groups excluding tert-OH is 1. The molecule has 0 spiro atoms. The largest absolute Gasteiger partial charge is 0.393 e. The van der Waals surface area contributed by atoms with E-state index in [9.17, 15) is 5.11 Å². The van der Waals surface area contributed by atoms with E-state index >= 15 is 0 Å². The van der Waals surface area contributed by atoms with Crippen molar-refractivity contribution in [3.05, 3.63) is 0 Å². The zero-order chi connectivity index (χ0) is 12.5. The van der Waals surface area contributed by atoms with Crippen molar-refractivity contribution < 1.29 is 5.11 Å². The Kier molecular flexibility index (Phi) is 3.92. The van der Waals surface area contributed by atoms with Crippen molar-refractivity contribution in [2.45, 2.75) is 50.7 Å². The second-order valence-corrected chi connectivity index (χ2v) is 6.73. The highest BCUT2D eigenvalue weighted by Crippen LogP contribution is 2.39. The van der Waals surface area contributed by atoms with Crippen LogP contribution in [0.4, 0.5) is 0 Å². The topological polar surface area (TPSA) is 35.5 Å². The molecule has 3 fully saturated rings. The predicted octanol–water partition coefficient (Wildman–Crippen LogP) is 1.47. The first-order valence-electron chi connectivity index (χ1n) is 7.85. The van der Waals surface area contributed by atoms with Gasteiger partial charge >= 0.3 is 0 Å². The van der Waals surface area contributed by atoms with E-state index in [4.69, 9.17) is 0 Å². The van der Waals surface area contributed by atoms with Gasteiger partial charge in [-0.2, -0.15) is 0 Å². The van der Waals surface area contributed by atoms with Crippen LogP contribution in [-0.4, -0.2) is 48.8 Å². The fourth-order valence-corrected chi connectivity index (χ4v) is 4.62. The average Bonchev–Trinajstić information content (AvgIpc) is 2.93. The summed E-state index contributed by atoms with van der Waals surface area (Å²) in [7, 11) is 2.12. The number of hydrogen-bond acceptors (Lipinski definition) is 3. The highest BCUT2D eigenvalue weighted by Gasteiger charge is 2.42. The maximum Gasteiger partial charge on any atom is 0.0583 e. The van der Waals surface area contributed by atoms with Crippen LogP contribution in [-0.2, 0) is 0 Å². The van der Waals surface area contributed by atoms with E-state index in [0.29, 0.717) is 5.92 Å². The number of nitrogens with one attached hydrogen (secondary N) is 1. The summed E-state index contributed by atoms with van der Waals surface area (Å²) >= 11 is 0. The van der Waals surface area contributed by atoms with Crippen LogP contribution >= 0.6 is 0 Å². The van der Waals surface area contributed by atoms with Crippen LogP contribution in [0.15, 0.2) is 0 Å². The van der Waals surface area contributed by atoms with Crippen LogP contribution in [0.2, 0.25) is 0 Å². The van der Waals surface area contributed by atoms with Gasteiger partial charge in [0.2, 0.25) is 0 Å². The quantitative estimate of drug-likeness (QED) is 0.798. The molecule has 3 heteroatoms. The molecule has 3 rings (SSSR count). The van der Waals surface area contributed by atoms with Gasteiger partial charge in [-0.1, -0.05) is 12.8 Å². The summed E-state index contributed by atoms with van der Waals surface area (Å²) in [6.07, 6.45) is 7.84. The van der Waals surface area contributed by atoms with E-state index in [1.165, 1.54) is 45.2 Å². The maximum absolute atomic E-state index is 9.98. The second-order valence-electron chi connectivity index (χ2n) is 6.73. The minimum absolute atomic E-state index is 0.00791. The molecule has 2 N–H and O–H groups in total. The lowest BCUT2D eigenvalue weighted by Crippen LogP contribution is -2.42. The van der Waals surface area contributed by atoms with Crippen molar-refractivity contribution in [2.24, 2.45) is 17.8 Å².